The molecule has 1 heterocycles. The Hall–Kier alpha value is -2.06. The molecule has 0 atom stereocenters. The third kappa shape index (κ3) is 3.09. The first-order valence-corrected chi connectivity index (χ1v) is 5.90. The van der Waals surface area contributed by atoms with Crippen molar-refractivity contribution in [3.63, 3.8) is 0 Å². The Kier molecular flexibility index (Phi) is 3.96. The molecule has 0 aliphatic heterocycles. The van der Waals surface area contributed by atoms with E-state index in [2.05, 4.69) is 10.1 Å². The van der Waals surface area contributed by atoms with E-state index in [1.807, 2.05) is 6.92 Å². The zero-order valence-corrected chi connectivity index (χ0v) is 10.6. The third-order valence-electron chi connectivity index (χ3n) is 2.68. The molecule has 0 aliphatic rings. The van der Waals surface area contributed by atoms with Gasteiger partial charge in [-0.1, -0.05) is 11.5 Å². The van der Waals surface area contributed by atoms with E-state index in [-0.39, 0.29) is 6.61 Å². The number of aromatic nitrogens is 3. The summed E-state index contributed by atoms with van der Waals surface area (Å²) in [6, 6.07) is 2.15. The van der Waals surface area contributed by atoms with Crippen LogP contribution in [0.3, 0.4) is 0 Å². The molecule has 9 heteroatoms. The number of halogens is 4. The van der Waals surface area contributed by atoms with Gasteiger partial charge in [-0.15, -0.1) is 0 Å². The van der Waals surface area contributed by atoms with Gasteiger partial charge in [0.15, 0.2) is 5.82 Å². The molecule has 0 unspecified atom stereocenters. The molecule has 0 saturated heterocycles. The highest BCUT2D eigenvalue weighted by molar-refractivity contribution is 6.74. The second-order valence-corrected chi connectivity index (χ2v) is 4.04. The fourth-order valence-corrected chi connectivity index (χ4v) is 1.71. The quantitative estimate of drug-likeness (QED) is 0.624. The van der Waals surface area contributed by atoms with E-state index in [1.54, 1.807) is 0 Å². The van der Waals surface area contributed by atoms with Crippen LogP contribution >= 0.6 is 0 Å². The van der Waals surface area contributed by atoms with Crippen molar-refractivity contribution < 1.29 is 22.1 Å². The lowest BCUT2D eigenvalue weighted by Gasteiger charge is -2.19. The monoisotopic (exact) mass is 288 g/mol. The van der Waals surface area contributed by atoms with Crippen molar-refractivity contribution in [3.05, 3.63) is 36.2 Å². The molecule has 0 aliphatic carbocycles. The summed E-state index contributed by atoms with van der Waals surface area (Å²) in [6.45, 7) is -3.16. The fourth-order valence-electron chi connectivity index (χ4n) is 1.71. The van der Waals surface area contributed by atoms with Crippen molar-refractivity contribution in [2.45, 2.75) is 20.1 Å². The molecule has 0 fully saturated rings. The number of ether oxygens (including phenoxy) is 1. The zero-order valence-electron chi connectivity index (χ0n) is 10.6. The lowest BCUT2D eigenvalue weighted by Crippen LogP contribution is -2.35. The standard InChI is InChI=1S/C11H11BF4N3O/c1-2-19-11(17-7-18-19)6-20-10-5-8(13)3-4-9(10)12(14,15)16/h3-5,7H,2,6H2,1H3/q-1. The maximum absolute atomic E-state index is 13.1. The number of rotatable bonds is 5. The summed E-state index contributed by atoms with van der Waals surface area (Å²) in [4.78, 5) is 3.87. The van der Waals surface area contributed by atoms with Gasteiger partial charge in [-0.3, -0.25) is 0 Å². The third-order valence-corrected chi connectivity index (χ3v) is 2.68. The highest BCUT2D eigenvalue weighted by Gasteiger charge is 2.29. The minimum atomic E-state index is -5.27. The van der Waals surface area contributed by atoms with Crippen LogP contribution in [-0.2, 0) is 13.2 Å². The van der Waals surface area contributed by atoms with Gasteiger partial charge in [0.2, 0.25) is 0 Å². The second kappa shape index (κ2) is 5.52. The smallest absolute Gasteiger partial charge is 0.489 e. The molecule has 0 spiro atoms. The first kappa shape index (κ1) is 14.4. The molecule has 2 rings (SSSR count). The number of hydrogen-bond acceptors (Lipinski definition) is 3. The normalized spacial score (nSPS) is 11.7. The van der Waals surface area contributed by atoms with Gasteiger partial charge >= 0.3 is 6.98 Å². The summed E-state index contributed by atoms with van der Waals surface area (Å²) in [7, 11) is 0. The molecule has 108 valence electrons. The van der Waals surface area contributed by atoms with Gasteiger partial charge in [0, 0.05) is 12.6 Å². The van der Waals surface area contributed by atoms with Gasteiger partial charge in [0.1, 0.15) is 18.8 Å². The molecule has 1 aromatic heterocycles. The van der Waals surface area contributed by atoms with E-state index in [1.165, 1.54) is 11.0 Å². The van der Waals surface area contributed by atoms with Crippen LogP contribution < -0.4 is 10.2 Å². The van der Waals surface area contributed by atoms with Gasteiger partial charge in [-0.2, -0.15) is 5.10 Å². The Bertz CT molecular complexity index is 600. The summed E-state index contributed by atoms with van der Waals surface area (Å²) in [5.74, 6) is -0.957. The Balaban J connectivity index is 2.23. The highest BCUT2D eigenvalue weighted by Crippen LogP contribution is 2.19. The Labute approximate surface area is 112 Å². The van der Waals surface area contributed by atoms with Crippen LogP contribution in [0.4, 0.5) is 17.3 Å². The first-order chi connectivity index (χ1) is 9.41. The van der Waals surface area contributed by atoms with Crippen LogP contribution in [0.5, 0.6) is 5.75 Å². The van der Waals surface area contributed by atoms with Crippen LogP contribution in [0.1, 0.15) is 12.7 Å². The topological polar surface area (TPSA) is 39.9 Å². The largest absolute Gasteiger partial charge is 0.513 e. The minimum absolute atomic E-state index is 0.212. The van der Waals surface area contributed by atoms with Gasteiger partial charge in [0.05, 0.1) is 5.75 Å². The number of nitrogens with zero attached hydrogens (tertiary/aromatic N) is 3. The summed E-state index contributed by atoms with van der Waals surface area (Å²) >= 11 is 0. The van der Waals surface area contributed by atoms with E-state index >= 15 is 0 Å². The van der Waals surface area contributed by atoms with Crippen molar-refractivity contribution in [2.24, 2.45) is 0 Å². The van der Waals surface area contributed by atoms with Crippen LogP contribution in [0.2, 0.25) is 0 Å². The van der Waals surface area contributed by atoms with Crippen molar-refractivity contribution >= 4 is 12.4 Å². The van der Waals surface area contributed by atoms with Gasteiger partial charge in [-0.05, 0) is 13.0 Å². The second-order valence-electron chi connectivity index (χ2n) is 4.04. The molecule has 4 nitrogen and oxygen atoms in total. The Morgan fingerprint density at radius 2 is 2.05 bits per heavy atom. The van der Waals surface area contributed by atoms with Gasteiger partial charge in [0.25, 0.3) is 0 Å². The van der Waals surface area contributed by atoms with Crippen molar-refractivity contribution in [3.8, 4) is 5.75 Å². The zero-order chi connectivity index (χ0) is 14.8. The summed E-state index contributed by atoms with van der Waals surface area (Å²) in [5.41, 5.74) is -0.964. The fraction of sp³-hybridized carbons (Fsp3) is 0.273. The molecular formula is C11H11BF4N3O-. The molecule has 20 heavy (non-hydrogen) atoms. The molecule has 2 aromatic rings. The van der Waals surface area contributed by atoms with Crippen molar-refractivity contribution in [1.29, 1.82) is 0 Å². The molecule has 0 bridgehead atoms. The number of hydrogen-bond donors (Lipinski definition) is 0. The molecule has 0 amide bonds. The molecule has 0 saturated carbocycles. The lowest BCUT2D eigenvalue weighted by atomic mass is 9.79. The predicted octanol–water partition coefficient (Wildman–Crippen LogP) is 2.07. The molecule has 0 radical (unpaired) electrons. The van der Waals surface area contributed by atoms with E-state index in [0.29, 0.717) is 18.4 Å². The molecular weight excluding hydrogens is 277 g/mol. The summed E-state index contributed by atoms with van der Waals surface area (Å²) < 4.78 is 58.1. The maximum atomic E-state index is 13.1. The predicted molar refractivity (Wildman–Crippen MR) is 65.1 cm³/mol. The number of benzene rings is 1. The first-order valence-electron chi connectivity index (χ1n) is 5.90. The number of aryl methyl sites for hydroxylation is 1. The van der Waals surface area contributed by atoms with E-state index in [0.717, 1.165) is 12.1 Å². The van der Waals surface area contributed by atoms with E-state index < -0.39 is 24.0 Å². The highest BCUT2D eigenvalue weighted by atomic mass is 19.4. The van der Waals surface area contributed by atoms with Crippen molar-refractivity contribution in [1.82, 2.24) is 14.8 Å². The Morgan fingerprint density at radius 1 is 1.30 bits per heavy atom. The Morgan fingerprint density at radius 3 is 2.70 bits per heavy atom. The summed E-state index contributed by atoms with van der Waals surface area (Å²) in [5, 5.41) is 3.87. The average Bonchev–Trinajstić information content (AvgIpc) is 2.82. The summed E-state index contributed by atoms with van der Waals surface area (Å²) in [6.07, 6.45) is 1.28. The van der Waals surface area contributed by atoms with E-state index in [9.17, 15) is 17.3 Å². The maximum Gasteiger partial charge on any atom is 0.513 e. The van der Waals surface area contributed by atoms with Crippen molar-refractivity contribution in [2.75, 3.05) is 0 Å². The van der Waals surface area contributed by atoms with Gasteiger partial charge in [-0.25, -0.2) is 14.1 Å². The van der Waals surface area contributed by atoms with Crippen LogP contribution in [0.15, 0.2) is 24.5 Å². The lowest BCUT2D eigenvalue weighted by molar-refractivity contribution is 0.287. The molecule has 0 N–H and O–H groups in total. The van der Waals surface area contributed by atoms with Crippen LogP contribution in [0.25, 0.3) is 0 Å². The minimum Gasteiger partial charge on any atom is -0.489 e. The van der Waals surface area contributed by atoms with Crippen LogP contribution in [0, 0.1) is 5.82 Å². The van der Waals surface area contributed by atoms with E-state index in [4.69, 9.17) is 4.74 Å². The van der Waals surface area contributed by atoms with Crippen LogP contribution in [-0.4, -0.2) is 21.7 Å². The SMILES string of the molecule is CCn1ncnc1COc1cc(F)ccc1[B-](F)(F)F. The molecule has 1 aromatic carbocycles. The average molecular weight is 288 g/mol. The van der Waals surface area contributed by atoms with Gasteiger partial charge < -0.3 is 17.7 Å².